The van der Waals surface area contributed by atoms with Crippen LogP contribution >= 0.6 is 0 Å². The van der Waals surface area contributed by atoms with Gasteiger partial charge in [-0.3, -0.25) is 9.59 Å². The fraction of sp³-hybridized carbons (Fsp3) is 0.833. The minimum absolute atomic E-state index is 0.0669. The summed E-state index contributed by atoms with van der Waals surface area (Å²) in [5.74, 6) is -1.61. The molecule has 4 nitrogen and oxygen atoms in total. The largest absolute Gasteiger partial charge is 0.481 e. The lowest BCUT2D eigenvalue weighted by atomic mass is 9.76. The number of rotatable bonds is 6. The molecule has 0 saturated heterocycles. The van der Waals surface area contributed by atoms with Gasteiger partial charge in [-0.05, 0) is 46.5 Å². The molecule has 4 heteroatoms. The summed E-state index contributed by atoms with van der Waals surface area (Å²) >= 11 is 0. The van der Waals surface area contributed by atoms with Crippen LogP contribution in [0, 0.1) is 16.7 Å². The Balaban J connectivity index is 4.45. The topological polar surface area (TPSA) is 74.6 Å². The van der Waals surface area contributed by atoms with Gasteiger partial charge < -0.3 is 10.2 Å². The van der Waals surface area contributed by atoms with Gasteiger partial charge in [-0.1, -0.05) is 6.92 Å². The SMILES string of the molecule is CC(CC(C)(C)C(=O)O)CC(C)(C)C(=O)O. The van der Waals surface area contributed by atoms with Crippen LogP contribution in [0.3, 0.4) is 0 Å². The molecule has 0 aromatic carbocycles. The van der Waals surface area contributed by atoms with Gasteiger partial charge in [-0.25, -0.2) is 0 Å². The molecule has 94 valence electrons. The van der Waals surface area contributed by atoms with Crippen LogP contribution in [0.1, 0.15) is 47.5 Å². The first-order chi connectivity index (χ1) is 6.99. The Labute approximate surface area is 96.7 Å². The van der Waals surface area contributed by atoms with Crippen molar-refractivity contribution >= 4 is 11.9 Å². The maximum Gasteiger partial charge on any atom is 0.309 e. The molecule has 0 aromatic rings. The van der Waals surface area contributed by atoms with Gasteiger partial charge in [0.1, 0.15) is 0 Å². The number of carboxylic acids is 2. The van der Waals surface area contributed by atoms with E-state index in [9.17, 15) is 9.59 Å². The first-order valence-electron chi connectivity index (χ1n) is 5.46. The maximum atomic E-state index is 10.9. The molecular formula is C12H22O4. The van der Waals surface area contributed by atoms with Gasteiger partial charge in [-0.15, -0.1) is 0 Å². The fourth-order valence-electron chi connectivity index (χ4n) is 1.99. The second-order valence-corrected chi connectivity index (χ2v) is 5.89. The van der Waals surface area contributed by atoms with Crippen LogP contribution in [0.15, 0.2) is 0 Å². The average Bonchev–Trinajstić information content (AvgIpc) is 2.00. The molecule has 0 rings (SSSR count). The van der Waals surface area contributed by atoms with Crippen molar-refractivity contribution < 1.29 is 19.8 Å². The zero-order valence-electron chi connectivity index (χ0n) is 10.7. The van der Waals surface area contributed by atoms with E-state index in [1.807, 2.05) is 6.92 Å². The van der Waals surface area contributed by atoms with E-state index in [0.717, 1.165) is 0 Å². The van der Waals surface area contributed by atoms with Crippen LogP contribution in [0.5, 0.6) is 0 Å². The summed E-state index contributed by atoms with van der Waals surface area (Å²) in [5, 5.41) is 18.0. The zero-order chi connectivity index (χ0) is 13.1. The quantitative estimate of drug-likeness (QED) is 0.735. The third kappa shape index (κ3) is 4.21. The molecular weight excluding hydrogens is 208 g/mol. The van der Waals surface area contributed by atoms with Crippen molar-refractivity contribution in [1.82, 2.24) is 0 Å². The third-order valence-electron chi connectivity index (χ3n) is 2.88. The first-order valence-corrected chi connectivity index (χ1v) is 5.46. The molecule has 0 aliphatic heterocycles. The highest BCUT2D eigenvalue weighted by Crippen LogP contribution is 2.33. The van der Waals surface area contributed by atoms with Crippen molar-refractivity contribution in [2.75, 3.05) is 0 Å². The molecule has 2 N–H and O–H groups in total. The maximum absolute atomic E-state index is 10.9. The molecule has 0 unspecified atom stereocenters. The summed E-state index contributed by atoms with van der Waals surface area (Å²) in [6.45, 7) is 8.56. The summed E-state index contributed by atoms with van der Waals surface area (Å²) in [5.41, 5.74) is -1.60. The molecule has 0 bridgehead atoms. The number of carbonyl (C=O) groups is 2. The normalized spacial score (nSPS) is 12.9. The Morgan fingerprint density at radius 3 is 1.38 bits per heavy atom. The van der Waals surface area contributed by atoms with Crippen molar-refractivity contribution in [3.63, 3.8) is 0 Å². The molecule has 0 aromatic heterocycles. The van der Waals surface area contributed by atoms with Crippen LogP contribution in [0.2, 0.25) is 0 Å². The van der Waals surface area contributed by atoms with Crippen molar-refractivity contribution in [2.24, 2.45) is 16.7 Å². The van der Waals surface area contributed by atoms with Crippen molar-refractivity contribution in [2.45, 2.75) is 47.5 Å². The van der Waals surface area contributed by atoms with E-state index in [1.54, 1.807) is 27.7 Å². The summed E-state index contributed by atoms with van der Waals surface area (Å²) in [6, 6.07) is 0. The molecule has 0 heterocycles. The molecule has 0 amide bonds. The highest BCUT2D eigenvalue weighted by molar-refractivity contribution is 5.74. The lowest BCUT2D eigenvalue weighted by molar-refractivity contribution is -0.149. The minimum atomic E-state index is -0.840. The molecule has 0 radical (unpaired) electrons. The second kappa shape index (κ2) is 4.85. The zero-order valence-corrected chi connectivity index (χ0v) is 10.7. The van der Waals surface area contributed by atoms with Crippen LogP contribution in [0.25, 0.3) is 0 Å². The highest BCUT2D eigenvalue weighted by Gasteiger charge is 2.34. The Hall–Kier alpha value is -1.06. The molecule has 0 fully saturated rings. The van der Waals surface area contributed by atoms with Gasteiger partial charge >= 0.3 is 11.9 Å². The van der Waals surface area contributed by atoms with Crippen molar-refractivity contribution in [3.8, 4) is 0 Å². The summed E-state index contributed by atoms with van der Waals surface area (Å²) in [7, 11) is 0. The third-order valence-corrected chi connectivity index (χ3v) is 2.88. The van der Waals surface area contributed by atoms with Gasteiger partial charge in [0.25, 0.3) is 0 Å². The predicted molar refractivity (Wildman–Crippen MR) is 61.2 cm³/mol. The molecule has 0 aliphatic rings. The minimum Gasteiger partial charge on any atom is -0.481 e. The monoisotopic (exact) mass is 230 g/mol. The summed E-state index contributed by atoms with van der Waals surface area (Å²) < 4.78 is 0. The first kappa shape index (κ1) is 14.9. The van der Waals surface area contributed by atoms with Crippen LogP contribution in [-0.2, 0) is 9.59 Å². The number of hydrogen-bond acceptors (Lipinski definition) is 2. The number of aliphatic carboxylic acids is 2. The van der Waals surface area contributed by atoms with E-state index in [1.165, 1.54) is 0 Å². The van der Waals surface area contributed by atoms with Gasteiger partial charge in [0, 0.05) is 0 Å². The number of carboxylic acid groups (broad SMARTS) is 2. The predicted octanol–water partition coefficient (Wildman–Crippen LogP) is 2.62. The van der Waals surface area contributed by atoms with Crippen molar-refractivity contribution in [3.05, 3.63) is 0 Å². The molecule has 0 saturated carbocycles. The smallest absolute Gasteiger partial charge is 0.309 e. The average molecular weight is 230 g/mol. The standard InChI is InChI=1S/C12H22O4/c1-8(6-11(2,3)9(13)14)7-12(4,5)10(15)16/h8H,6-7H2,1-5H3,(H,13,14)(H,15,16). The molecule has 16 heavy (non-hydrogen) atoms. The van der Waals surface area contributed by atoms with E-state index in [-0.39, 0.29) is 5.92 Å². The number of hydrogen-bond donors (Lipinski definition) is 2. The van der Waals surface area contributed by atoms with Gasteiger partial charge in [0.15, 0.2) is 0 Å². The van der Waals surface area contributed by atoms with Gasteiger partial charge in [0.05, 0.1) is 10.8 Å². The van der Waals surface area contributed by atoms with Gasteiger partial charge in [-0.2, -0.15) is 0 Å². The van der Waals surface area contributed by atoms with E-state index >= 15 is 0 Å². The lowest BCUT2D eigenvalue weighted by Gasteiger charge is -2.28. The molecule has 0 spiro atoms. The van der Waals surface area contributed by atoms with Crippen LogP contribution < -0.4 is 0 Å². The van der Waals surface area contributed by atoms with Crippen LogP contribution in [0.4, 0.5) is 0 Å². The Morgan fingerprint density at radius 2 is 1.19 bits per heavy atom. The van der Waals surface area contributed by atoms with Gasteiger partial charge in [0.2, 0.25) is 0 Å². The van der Waals surface area contributed by atoms with E-state index in [2.05, 4.69) is 0 Å². The molecule has 0 atom stereocenters. The molecule has 0 aliphatic carbocycles. The summed E-state index contributed by atoms with van der Waals surface area (Å²) in [6.07, 6.45) is 0.970. The Bertz CT molecular complexity index is 251. The Kier molecular flexibility index (Phi) is 4.53. The van der Waals surface area contributed by atoms with Crippen molar-refractivity contribution in [1.29, 1.82) is 0 Å². The van der Waals surface area contributed by atoms with E-state index in [4.69, 9.17) is 10.2 Å². The van der Waals surface area contributed by atoms with Crippen LogP contribution in [-0.4, -0.2) is 22.2 Å². The highest BCUT2D eigenvalue weighted by atomic mass is 16.4. The fourth-order valence-corrected chi connectivity index (χ4v) is 1.99. The second-order valence-electron chi connectivity index (χ2n) is 5.89. The Morgan fingerprint density at radius 1 is 0.938 bits per heavy atom. The van der Waals surface area contributed by atoms with E-state index in [0.29, 0.717) is 12.8 Å². The summed E-state index contributed by atoms with van der Waals surface area (Å²) in [4.78, 5) is 21.9. The van der Waals surface area contributed by atoms with E-state index < -0.39 is 22.8 Å². The lowest BCUT2D eigenvalue weighted by Crippen LogP contribution is -2.30.